The van der Waals surface area contributed by atoms with Gasteiger partial charge in [-0.15, -0.1) is 0 Å². The highest BCUT2D eigenvalue weighted by molar-refractivity contribution is 7.47. The lowest BCUT2D eigenvalue weighted by molar-refractivity contribution is -0.161. The monoisotopic (exact) mass is 679 g/mol. The summed E-state index contributed by atoms with van der Waals surface area (Å²) in [6.07, 6.45) is 24.6. The molecule has 11 nitrogen and oxygen atoms in total. The zero-order valence-electron chi connectivity index (χ0n) is 28.9. The minimum absolute atomic E-state index is 0.168. The van der Waals surface area contributed by atoms with Gasteiger partial charge in [0.15, 0.2) is 6.10 Å². The van der Waals surface area contributed by atoms with E-state index in [-0.39, 0.29) is 19.4 Å². The van der Waals surface area contributed by atoms with Gasteiger partial charge in [0, 0.05) is 12.8 Å². The maximum atomic E-state index is 12.5. The fraction of sp³-hybridized carbons (Fsp3) is 0.912. The number of unbranched alkanes of at least 4 members (excludes halogenated alkanes) is 20. The minimum atomic E-state index is -4.70. The second kappa shape index (κ2) is 30.8. The van der Waals surface area contributed by atoms with Crippen LogP contribution >= 0.6 is 7.82 Å². The van der Waals surface area contributed by atoms with Crippen molar-refractivity contribution in [2.24, 2.45) is 5.73 Å². The standard InChI is InChI=1S/C34H66NO10P/c1-3-5-7-9-11-13-15-17-19-21-23-25-32(36)42-27-30(28-43-46(40,41)44-29-31(35)34(38)39)45-33(37)26-24-22-20-18-16-14-12-10-8-6-4-2/h30-31H,3-29,35H2,1-2H3,(H,38,39)(H,40,41). The number of phosphoric acid groups is 1. The second-order valence-corrected chi connectivity index (χ2v) is 13.8. The lowest BCUT2D eigenvalue weighted by Crippen LogP contribution is -2.34. The number of carboxylic acid groups (broad SMARTS) is 1. The zero-order chi connectivity index (χ0) is 34.3. The third-order valence-corrected chi connectivity index (χ3v) is 8.81. The molecule has 0 rings (SSSR count). The molecule has 3 atom stereocenters. The molecule has 0 radical (unpaired) electrons. The van der Waals surface area contributed by atoms with Gasteiger partial charge in [0.2, 0.25) is 0 Å². The molecule has 12 heteroatoms. The molecule has 0 heterocycles. The third kappa shape index (κ3) is 29.9. The van der Waals surface area contributed by atoms with Gasteiger partial charge in [-0.05, 0) is 12.8 Å². The van der Waals surface area contributed by atoms with Gasteiger partial charge in [0.25, 0.3) is 0 Å². The average molecular weight is 680 g/mol. The summed E-state index contributed by atoms with van der Waals surface area (Å²) in [4.78, 5) is 45.6. The third-order valence-electron chi connectivity index (χ3n) is 7.86. The van der Waals surface area contributed by atoms with Crippen LogP contribution in [-0.2, 0) is 37.5 Å². The molecule has 0 spiro atoms. The number of esters is 2. The van der Waals surface area contributed by atoms with E-state index < -0.39 is 51.1 Å². The van der Waals surface area contributed by atoms with Gasteiger partial charge in [-0.2, -0.15) is 0 Å². The van der Waals surface area contributed by atoms with Crippen molar-refractivity contribution in [1.29, 1.82) is 0 Å². The summed E-state index contributed by atoms with van der Waals surface area (Å²) in [6.45, 7) is 2.77. The molecule has 0 saturated carbocycles. The van der Waals surface area contributed by atoms with Gasteiger partial charge in [-0.1, -0.05) is 142 Å². The molecule has 0 aromatic carbocycles. The van der Waals surface area contributed by atoms with Gasteiger partial charge in [-0.25, -0.2) is 4.57 Å². The van der Waals surface area contributed by atoms with E-state index in [1.807, 2.05) is 0 Å². The number of carbonyl (C=O) groups excluding carboxylic acids is 2. The normalized spacial score (nSPS) is 14.0. The summed E-state index contributed by atoms with van der Waals surface area (Å²) in [7, 11) is -4.70. The van der Waals surface area contributed by atoms with Gasteiger partial charge in [0.1, 0.15) is 12.6 Å². The van der Waals surface area contributed by atoms with Crippen molar-refractivity contribution in [3.63, 3.8) is 0 Å². The van der Waals surface area contributed by atoms with Gasteiger partial charge < -0.3 is 25.2 Å². The smallest absolute Gasteiger partial charge is 0.472 e. The second-order valence-electron chi connectivity index (χ2n) is 12.4. The molecular formula is C34H66NO10P. The molecule has 4 N–H and O–H groups in total. The number of rotatable bonds is 34. The van der Waals surface area contributed by atoms with Crippen LogP contribution in [0.1, 0.15) is 168 Å². The van der Waals surface area contributed by atoms with Crippen LogP contribution in [0.2, 0.25) is 0 Å². The lowest BCUT2D eigenvalue weighted by atomic mass is 10.1. The minimum Gasteiger partial charge on any atom is -0.480 e. The van der Waals surface area contributed by atoms with Gasteiger partial charge >= 0.3 is 25.7 Å². The van der Waals surface area contributed by atoms with Crippen LogP contribution in [0.25, 0.3) is 0 Å². The van der Waals surface area contributed by atoms with Crippen molar-refractivity contribution >= 4 is 25.7 Å². The number of carbonyl (C=O) groups is 3. The predicted octanol–water partition coefficient (Wildman–Crippen LogP) is 8.39. The first-order valence-corrected chi connectivity index (χ1v) is 19.6. The molecule has 0 amide bonds. The molecule has 0 saturated heterocycles. The van der Waals surface area contributed by atoms with Crippen LogP contribution in [0.15, 0.2) is 0 Å². The Kier molecular flexibility index (Phi) is 29.8. The molecule has 0 aliphatic carbocycles. The predicted molar refractivity (Wildman–Crippen MR) is 180 cm³/mol. The van der Waals surface area contributed by atoms with Crippen LogP contribution in [0.3, 0.4) is 0 Å². The fourth-order valence-electron chi connectivity index (χ4n) is 4.95. The number of nitrogens with two attached hydrogens (primary N) is 1. The van der Waals surface area contributed by atoms with Crippen molar-refractivity contribution in [3.8, 4) is 0 Å². The Morgan fingerprint density at radius 1 is 0.587 bits per heavy atom. The highest BCUT2D eigenvalue weighted by Gasteiger charge is 2.28. The number of hydrogen-bond donors (Lipinski definition) is 3. The van der Waals surface area contributed by atoms with E-state index in [0.29, 0.717) is 12.8 Å². The van der Waals surface area contributed by atoms with E-state index in [1.165, 1.54) is 89.9 Å². The highest BCUT2D eigenvalue weighted by atomic mass is 31.2. The van der Waals surface area contributed by atoms with Crippen LogP contribution in [0.4, 0.5) is 0 Å². The SMILES string of the molecule is CCCCCCCCCCCCCC(=O)OCC(COP(=O)(O)OCC(N)C(=O)O)OC(=O)CCCCCCCCCCCCC. The lowest BCUT2D eigenvalue weighted by Gasteiger charge is -2.20. The van der Waals surface area contributed by atoms with E-state index in [9.17, 15) is 23.8 Å². The maximum Gasteiger partial charge on any atom is 0.472 e. The summed E-state index contributed by atoms with van der Waals surface area (Å²) in [5.41, 5.74) is 5.30. The van der Waals surface area contributed by atoms with Crippen molar-refractivity contribution < 1.29 is 47.5 Å². The Hall–Kier alpha value is -1.52. The van der Waals surface area contributed by atoms with Crippen LogP contribution in [0, 0.1) is 0 Å². The van der Waals surface area contributed by atoms with Crippen LogP contribution < -0.4 is 5.73 Å². The molecular weight excluding hydrogens is 613 g/mol. The van der Waals surface area contributed by atoms with Crippen molar-refractivity contribution in [1.82, 2.24) is 0 Å². The first kappa shape index (κ1) is 44.5. The Morgan fingerprint density at radius 3 is 1.37 bits per heavy atom. The van der Waals surface area contributed by atoms with E-state index in [0.717, 1.165) is 38.5 Å². The van der Waals surface area contributed by atoms with Gasteiger partial charge in [0.05, 0.1) is 13.2 Å². The molecule has 272 valence electrons. The highest BCUT2D eigenvalue weighted by Crippen LogP contribution is 2.43. The van der Waals surface area contributed by atoms with Crippen LogP contribution in [0.5, 0.6) is 0 Å². The van der Waals surface area contributed by atoms with E-state index in [2.05, 4.69) is 18.4 Å². The summed E-state index contributed by atoms with van der Waals surface area (Å²) in [6, 6.07) is -1.51. The first-order valence-electron chi connectivity index (χ1n) is 18.1. The maximum absolute atomic E-state index is 12.5. The Labute approximate surface area is 278 Å². The number of ether oxygens (including phenoxy) is 2. The van der Waals surface area contributed by atoms with Gasteiger partial charge in [-0.3, -0.25) is 23.4 Å². The molecule has 0 aromatic rings. The summed E-state index contributed by atoms with van der Waals surface area (Å²) < 4.78 is 32.5. The average Bonchev–Trinajstić information content (AvgIpc) is 3.02. The quantitative estimate of drug-likeness (QED) is 0.0339. The summed E-state index contributed by atoms with van der Waals surface area (Å²) >= 11 is 0. The zero-order valence-corrected chi connectivity index (χ0v) is 29.8. The van der Waals surface area contributed by atoms with Crippen molar-refractivity contribution in [2.75, 3.05) is 19.8 Å². The largest absolute Gasteiger partial charge is 0.480 e. The number of phosphoric ester groups is 1. The molecule has 0 aromatic heterocycles. The molecule has 3 unspecified atom stereocenters. The van der Waals surface area contributed by atoms with Crippen LogP contribution in [-0.4, -0.2) is 59.9 Å². The number of aliphatic carboxylic acids is 1. The Balaban J connectivity index is 4.46. The summed E-state index contributed by atoms with van der Waals surface area (Å²) in [5.74, 6) is -2.37. The van der Waals surface area contributed by atoms with E-state index >= 15 is 0 Å². The molecule has 0 aliphatic heterocycles. The van der Waals surface area contributed by atoms with Crippen molar-refractivity contribution in [3.05, 3.63) is 0 Å². The van der Waals surface area contributed by atoms with E-state index in [1.54, 1.807) is 0 Å². The molecule has 46 heavy (non-hydrogen) atoms. The van der Waals surface area contributed by atoms with Crippen molar-refractivity contribution in [2.45, 2.75) is 180 Å². The molecule has 0 fully saturated rings. The topological polar surface area (TPSA) is 172 Å². The fourth-order valence-corrected chi connectivity index (χ4v) is 5.72. The van der Waals surface area contributed by atoms with E-state index in [4.69, 9.17) is 24.8 Å². The molecule has 0 aliphatic rings. The number of hydrogen-bond acceptors (Lipinski definition) is 9. The molecule has 0 bridgehead atoms. The number of carboxylic acids is 1. The Bertz CT molecular complexity index is 813. The Morgan fingerprint density at radius 2 is 0.957 bits per heavy atom. The first-order chi connectivity index (χ1) is 22.1. The summed E-state index contributed by atoms with van der Waals surface area (Å²) in [5, 5.41) is 8.83.